The highest BCUT2D eigenvalue weighted by Crippen LogP contribution is 2.15. The molecule has 0 spiro atoms. The molecular formula is C17H18N3O3+. The van der Waals surface area contributed by atoms with E-state index in [1.807, 2.05) is 12.1 Å². The van der Waals surface area contributed by atoms with E-state index in [1.165, 1.54) is 28.2 Å². The molecule has 0 aromatic heterocycles. The predicted octanol–water partition coefficient (Wildman–Crippen LogP) is 1.17. The maximum atomic E-state index is 12.1. The van der Waals surface area contributed by atoms with Crippen molar-refractivity contribution in [3.8, 4) is 0 Å². The summed E-state index contributed by atoms with van der Waals surface area (Å²) in [5.74, 6) is -0.0757. The van der Waals surface area contributed by atoms with E-state index in [0.717, 1.165) is 19.5 Å². The van der Waals surface area contributed by atoms with Gasteiger partial charge in [-0.2, -0.15) is 0 Å². The van der Waals surface area contributed by atoms with Gasteiger partial charge in [0.2, 0.25) is 0 Å². The van der Waals surface area contributed by atoms with Gasteiger partial charge in [-0.3, -0.25) is 14.9 Å². The SMILES string of the molecule is O=C(C[NH+]1CCc2ccccc2C1)Nc1ccc([N+](=O)[O-])cc1. The van der Waals surface area contributed by atoms with Crippen molar-refractivity contribution in [3.05, 3.63) is 69.8 Å². The summed E-state index contributed by atoms with van der Waals surface area (Å²) in [7, 11) is 0. The van der Waals surface area contributed by atoms with Crippen molar-refractivity contribution in [3.63, 3.8) is 0 Å². The number of anilines is 1. The number of nitro benzene ring substituents is 1. The van der Waals surface area contributed by atoms with Gasteiger partial charge in [-0.1, -0.05) is 24.3 Å². The van der Waals surface area contributed by atoms with E-state index in [-0.39, 0.29) is 11.6 Å². The second-order valence-corrected chi connectivity index (χ2v) is 5.72. The van der Waals surface area contributed by atoms with Crippen LogP contribution < -0.4 is 10.2 Å². The van der Waals surface area contributed by atoms with E-state index in [2.05, 4.69) is 17.4 Å². The van der Waals surface area contributed by atoms with Gasteiger partial charge in [0.1, 0.15) is 6.54 Å². The minimum atomic E-state index is -0.457. The van der Waals surface area contributed by atoms with Crippen LogP contribution in [0.5, 0.6) is 0 Å². The van der Waals surface area contributed by atoms with E-state index in [9.17, 15) is 14.9 Å². The summed E-state index contributed by atoms with van der Waals surface area (Å²) < 4.78 is 0. The van der Waals surface area contributed by atoms with Gasteiger partial charge in [-0.05, 0) is 17.7 Å². The van der Waals surface area contributed by atoms with Crippen molar-refractivity contribution in [2.24, 2.45) is 0 Å². The zero-order chi connectivity index (χ0) is 16.2. The van der Waals surface area contributed by atoms with Crippen LogP contribution in [0.1, 0.15) is 11.1 Å². The van der Waals surface area contributed by atoms with Crippen LogP contribution in [0.15, 0.2) is 48.5 Å². The second-order valence-electron chi connectivity index (χ2n) is 5.72. The van der Waals surface area contributed by atoms with E-state index in [0.29, 0.717) is 12.2 Å². The molecule has 23 heavy (non-hydrogen) atoms. The fourth-order valence-electron chi connectivity index (χ4n) is 2.89. The monoisotopic (exact) mass is 312 g/mol. The Morgan fingerprint density at radius 1 is 1.13 bits per heavy atom. The molecule has 0 radical (unpaired) electrons. The van der Waals surface area contributed by atoms with Crippen molar-refractivity contribution in [2.45, 2.75) is 13.0 Å². The number of benzene rings is 2. The molecule has 1 amide bonds. The minimum absolute atomic E-state index is 0.0151. The molecule has 118 valence electrons. The highest BCUT2D eigenvalue weighted by Gasteiger charge is 2.21. The van der Waals surface area contributed by atoms with E-state index in [4.69, 9.17) is 0 Å². The van der Waals surface area contributed by atoms with Crippen molar-refractivity contribution < 1.29 is 14.6 Å². The molecule has 0 saturated heterocycles. The quantitative estimate of drug-likeness (QED) is 0.657. The molecule has 6 heteroatoms. The zero-order valence-corrected chi connectivity index (χ0v) is 12.6. The summed E-state index contributed by atoms with van der Waals surface area (Å²) in [6.07, 6.45) is 0.982. The minimum Gasteiger partial charge on any atom is -0.323 e. The molecule has 6 nitrogen and oxygen atoms in total. The van der Waals surface area contributed by atoms with Gasteiger partial charge in [0.05, 0.1) is 11.5 Å². The van der Waals surface area contributed by atoms with Crippen LogP contribution in [0, 0.1) is 10.1 Å². The molecule has 1 heterocycles. The molecule has 2 N–H and O–H groups in total. The average molecular weight is 312 g/mol. The summed E-state index contributed by atoms with van der Waals surface area (Å²) in [5.41, 5.74) is 3.27. The van der Waals surface area contributed by atoms with Crippen molar-refractivity contribution in [2.75, 3.05) is 18.4 Å². The number of nitro groups is 1. The fraction of sp³-hybridized carbons (Fsp3) is 0.235. The number of nitrogens with one attached hydrogen (secondary N) is 2. The third-order valence-electron chi connectivity index (χ3n) is 4.08. The first kappa shape index (κ1) is 15.2. The van der Waals surface area contributed by atoms with Gasteiger partial charge in [-0.15, -0.1) is 0 Å². The first-order chi connectivity index (χ1) is 11.1. The van der Waals surface area contributed by atoms with Gasteiger partial charge in [0.15, 0.2) is 6.54 Å². The molecule has 2 aromatic carbocycles. The number of hydrogen-bond acceptors (Lipinski definition) is 3. The molecule has 1 unspecified atom stereocenters. The van der Waals surface area contributed by atoms with Crippen LogP contribution in [0.2, 0.25) is 0 Å². The number of non-ortho nitro benzene ring substituents is 1. The number of rotatable bonds is 4. The smallest absolute Gasteiger partial charge is 0.279 e. The van der Waals surface area contributed by atoms with Crippen molar-refractivity contribution >= 4 is 17.3 Å². The van der Waals surface area contributed by atoms with E-state index in [1.54, 1.807) is 12.1 Å². The Morgan fingerprint density at radius 2 is 1.83 bits per heavy atom. The average Bonchev–Trinajstić information content (AvgIpc) is 2.55. The lowest BCUT2D eigenvalue weighted by molar-refractivity contribution is -0.907. The van der Waals surface area contributed by atoms with E-state index < -0.39 is 4.92 Å². The first-order valence-corrected chi connectivity index (χ1v) is 7.56. The molecule has 1 atom stereocenters. The molecule has 0 saturated carbocycles. The van der Waals surface area contributed by atoms with Gasteiger partial charge in [0.25, 0.3) is 11.6 Å². The van der Waals surface area contributed by atoms with Gasteiger partial charge >= 0.3 is 0 Å². The summed E-state index contributed by atoms with van der Waals surface area (Å²) in [6, 6.07) is 14.2. The van der Waals surface area contributed by atoms with Crippen molar-refractivity contribution in [1.29, 1.82) is 0 Å². The molecule has 0 fully saturated rings. The highest BCUT2D eigenvalue weighted by molar-refractivity contribution is 5.91. The zero-order valence-electron chi connectivity index (χ0n) is 12.6. The lowest BCUT2D eigenvalue weighted by atomic mass is 10.00. The lowest BCUT2D eigenvalue weighted by Gasteiger charge is -2.25. The number of nitrogens with zero attached hydrogens (tertiary/aromatic N) is 1. The number of carbonyl (C=O) groups excluding carboxylic acids is 1. The number of fused-ring (bicyclic) bond motifs is 1. The Morgan fingerprint density at radius 3 is 2.52 bits per heavy atom. The third-order valence-corrected chi connectivity index (χ3v) is 4.08. The topological polar surface area (TPSA) is 76.7 Å². The largest absolute Gasteiger partial charge is 0.323 e. The molecule has 0 bridgehead atoms. The van der Waals surface area contributed by atoms with Crippen LogP contribution in [0.25, 0.3) is 0 Å². The molecule has 1 aliphatic rings. The molecule has 0 aliphatic carbocycles. The Labute approximate surface area is 133 Å². The maximum Gasteiger partial charge on any atom is 0.279 e. The Balaban J connectivity index is 1.57. The Hall–Kier alpha value is -2.73. The summed E-state index contributed by atoms with van der Waals surface area (Å²) in [5, 5.41) is 13.4. The van der Waals surface area contributed by atoms with Gasteiger partial charge < -0.3 is 10.2 Å². The molecule has 2 aromatic rings. The van der Waals surface area contributed by atoms with Crippen LogP contribution >= 0.6 is 0 Å². The normalized spacial score (nSPS) is 16.4. The lowest BCUT2D eigenvalue weighted by Crippen LogP contribution is -3.12. The van der Waals surface area contributed by atoms with Gasteiger partial charge in [0, 0.05) is 29.8 Å². The number of amides is 1. The highest BCUT2D eigenvalue weighted by atomic mass is 16.6. The standard InChI is InChI=1S/C17H17N3O3/c21-17(18-15-5-7-16(8-6-15)20(22)23)12-19-10-9-13-3-1-2-4-14(13)11-19/h1-8H,9-12H2,(H,18,21)/p+1. The number of quaternary nitrogens is 1. The van der Waals surface area contributed by atoms with Gasteiger partial charge in [-0.25, -0.2) is 0 Å². The number of carbonyl (C=O) groups is 1. The maximum absolute atomic E-state index is 12.1. The summed E-state index contributed by atoms with van der Waals surface area (Å²) in [6.45, 7) is 2.18. The first-order valence-electron chi connectivity index (χ1n) is 7.56. The Kier molecular flexibility index (Phi) is 4.34. The van der Waals surface area contributed by atoms with Crippen LogP contribution in [-0.2, 0) is 17.8 Å². The fourth-order valence-corrected chi connectivity index (χ4v) is 2.89. The third kappa shape index (κ3) is 3.73. The van der Waals surface area contributed by atoms with Crippen molar-refractivity contribution in [1.82, 2.24) is 0 Å². The molecule has 1 aliphatic heterocycles. The van der Waals surface area contributed by atoms with E-state index >= 15 is 0 Å². The van der Waals surface area contributed by atoms with Crippen LogP contribution in [0.3, 0.4) is 0 Å². The van der Waals surface area contributed by atoms with Crippen LogP contribution in [-0.4, -0.2) is 23.9 Å². The second kappa shape index (κ2) is 6.58. The predicted molar refractivity (Wildman–Crippen MR) is 86.3 cm³/mol. The summed E-state index contributed by atoms with van der Waals surface area (Å²) in [4.78, 5) is 23.5. The molecule has 3 rings (SSSR count). The molecular weight excluding hydrogens is 294 g/mol. The van der Waals surface area contributed by atoms with Crippen LogP contribution in [0.4, 0.5) is 11.4 Å². The Bertz CT molecular complexity index is 728. The summed E-state index contributed by atoms with van der Waals surface area (Å²) >= 11 is 0. The number of hydrogen-bond donors (Lipinski definition) is 2.